The molecule has 0 unspecified atom stereocenters. The van der Waals surface area contributed by atoms with Crippen LogP contribution in [0.3, 0.4) is 0 Å². The molecule has 0 N–H and O–H groups in total. The summed E-state index contributed by atoms with van der Waals surface area (Å²) in [6, 6.07) is 27.0. The summed E-state index contributed by atoms with van der Waals surface area (Å²) in [5, 5.41) is 5.21. The van der Waals surface area contributed by atoms with Gasteiger partial charge in [-0.2, -0.15) is 0 Å². The Hall–Kier alpha value is -3.20. The molecule has 0 saturated heterocycles. The molecule has 0 atom stereocenters. The minimum absolute atomic E-state index is 0.426. The van der Waals surface area contributed by atoms with Gasteiger partial charge in [-0.1, -0.05) is 97.1 Å². The lowest BCUT2D eigenvalue weighted by Crippen LogP contribution is -2.19. The third-order valence-electron chi connectivity index (χ3n) is 9.37. The van der Waals surface area contributed by atoms with Crippen LogP contribution in [0.2, 0.25) is 0 Å². The molecule has 0 bridgehead atoms. The Morgan fingerprint density at radius 1 is 0.500 bits per heavy atom. The molecule has 2 saturated carbocycles. The van der Waals surface area contributed by atoms with Gasteiger partial charge >= 0.3 is 0 Å². The SMILES string of the molecule is COC1CCC(/C=C/c2ccc3ccccc3c2-c2c(/C=C/C3CCC(OC)CC3)ccc3ccccc23)CC1. The Morgan fingerprint density at radius 2 is 0.900 bits per heavy atom. The number of rotatable bonds is 7. The summed E-state index contributed by atoms with van der Waals surface area (Å²) < 4.78 is 11.2. The first-order valence-corrected chi connectivity index (χ1v) is 15.2. The summed E-state index contributed by atoms with van der Waals surface area (Å²) in [6.07, 6.45) is 20.0. The fourth-order valence-electron chi connectivity index (χ4n) is 6.93. The minimum atomic E-state index is 0.426. The molecule has 2 aliphatic carbocycles. The van der Waals surface area contributed by atoms with Gasteiger partial charge in [0.05, 0.1) is 12.2 Å². The van der Waals surface area contributed by atoms with Crippen LogP contribution in [0, 0.1) is 11.8 Å². The highest BCUT2D eigenvalue weighted by molar-refractivity contribution is 6.10. The molecule has 2 heteroatoms. The lowest BCUT2D eigenvalue weighted by molar-refractivity contribution is 0.0627. The molecule has 0 aliphatic heterocycles. The highest BCUT2D eigenvalue weighted by Gasteiger charge is 2.21. The van der Waals surface area contributed by atoms with Crippen molar-refractivity contribution in [3.8, 4) is 11.1 Å². The van der Waals surface area contributed by atoms with E-state index in [1.54, 1.807) is 0 Å². The molecule has 4 aromatic rings. The van der Waals surface area contributed by atoms with E-state index in [0.29, 0.717) is 24.0 Å². The lowest BCUT2D eigenvalue weighted by atomic mass is 9.84. The predicted molar refractivity (Wildman–Crippen MR) is 170 cm³/mol. The molecule has 2 aliphatic rings. The van der Waals surface area contributed by atoms with E-state index in [2.05, 4.69) is 97.1 Å². The van der Waals surface area contributed by atoms with Crippen molar-refractivity contribution in [1.29, 1.82) is 0 Å². The van der Waals surface area contributed by atoms with Crippen LogP contribution in [0.25, 0.3) is 44.8 Å². The molecule has 0 spiro atoms. The van der Waals surface area contributed by atoms with Gasteiger partial charge in [0.2, 0.25) is 0 Å². The Morgan fingerprint density at radius 3 is 1.30 bits per heavy atom. The molecule has 4 aromatic carbocycles. The zero-order valence-corrected chi connectivity index (χ0v) is 24.0. The first kappa shape index (κ1) is 27.0. The predicted octanol–water partition coefficient (Wildman–Crippen LogP) is 10.1. The zero-order chi connectivity index (χ0) is 27.3. The fourth-order valence-corrected chi connectivity index (χ4v) is 6.93. The molecule has 206 valence electrons. The van der Waals surface area contributed by atoms with Crippen molar-refractivity contribution in [2.45, 2.75) is 63.6 Å². The molecular formula is C38H42O2. The Labute approximate surface area is 239 Å². The third kappa shape index (κ3) is 5.80. The quantitative estimate of drug-likeness (QED) is 0.237. The van der Waals surface area contributed by atoms with E-state index in [-0.39, 0.29) is 0 Å². The van der Waals surface area contributed by atoms with Crippen molar-refractivity contribution in [1.82, 2.24) is 0 Å². The molecule has 6 rings (SSSR count). The summed E-state index contributed by atoms with van der Waals surface area (Å²) in [7, 11) is 3.70. The Kier molecular flexibility index (Phi) is 8.46. The van der Waals surface area contributed by atoms with Crippen LogP contribution in [0.4, 0.5) is 0 Å². The Bertz CT molecular complexity index is 1380. The molecule has 2 nitrogen and oxygen atoms in total. The van der Waals surface area contributed by atoms with Crippen LogP contribution in [-0.4, -0.2) is 26.4 Å². The molecule has 0 radical (unpaired) electrons. The summed E-state index contributed by atoms with van der Waals surface area (Å²) >= 11 is 0. The molecule has 0 heterocycles. The van der Waals surface area contributed by atoms with Gasteiger partial charge in [-0.25, -0.2) is 0 Å². The molecule has 2 fully saturated rings. The van der Waals surface area contributed by atoms with Gasteiger partial charge in [0.15, 0.2) is 0 Å². The van der Waals surface area contributed by atoms with Gasteiger partial charge in [0.1, 0.15) is 0 Å². The highest BCUT2D eigenvalue weighted by Crippen LogP contribution is 2.41. The second-order valence-electron chi connectivity index (χ2n) is 11.8. The van der Waals surface area contributed by atoms with E-state index in [1.165, 1.54) is 69.5 Å². The van der Waals surface area contributed by atoms with Crippen molar-refractivity contribution in [3.05, 3.63) is 96.1 Å². The van der Waals surface area contributed by atoms with Gasteiger partial charge in [0.25, 0.3) is 0 Å². The fraction of sp³-hybridized carbons (Fsp3) is 0.368. The van der Waals surface area contributed by atoms with Crippen LogP contribution >= 0.6 is 0 Å². The normalized spacial score (nSPS) is 23.9. The topological polar surface area (TPSA) is 18.5 Å². The van der Waals surface area contributed by atoms with Gasteiger partial charge in [-0.15, -0.1) is 0 Å². The van der Waals surface area contributed by atoms with Crippen molar-refractivity contribution in [2.24, 2.45) is 11.8 Å². The van der Waals surface area contributed by atoms with E-state index in [9.17, 15) is 0 Å². The van der Waals surface area contributed by atoms with Crippen LogP contribution in [0.1, 0.15) is 62.5 Å². The molecule has 0 amide bonds. The maximum absolute atomic E-state index is 5.62. The van der Waals surface area contributed by atoms with E-state index in [1.807, 2.05) is 14.2 Å². The highest BCUT2D eigenvalue weighted by atomic mass is 16.5. The van der Waals surface area contributed by atoms with Gasteiger partial charge in [-0.05, 0) is 107 Å². The van der Waals surface area contributed by atoms with Crippen LogP contribution in [0.5, 0.6) is 0 Å². The molecule has 0 aromatic heterocycles. The van der Waals surface area contributed by atoms with Crippen molar-refractivity contribution in [3.63, 3.8) is 0 Å². The summed E-state index contributed by atoms with van der Waals surface area (Å²) in [6.45, 7) is 0. The maximum atomic E-state index is 5.62. The smallest absolute Gasteiger partial charge is 0.0571 e. The largest absolute Gasteiger partial charge is 0.381 e. The van der Waals surface area contributed by atoms with Gasteiger partial charge in [0, 0.05) is 14.2 Å². The second-order valence-corrected chi connectivity index (χ2v) is 11.8. The summed E-state index contributed by atoms with van der Waals surface area (Å²) in [4.78, 5) is 0. The van der Waals surface area contributed by atoms with E-state index < -0.39 is 0 Å². The standard InChI is InChI=1S/C38H42O2/c1-39-33-23-13-27(14-24-33)11-17-31-21-19-29-7-3-5-9-35(29)37(31)38-32(22-20-30-8-4-6-10-36(30)38)18-12-28-15-25-34(40-2)26-16-28/h3-12,17-22,27-28,33-34H,13-16,23-26H2,1-2H3/b17-11+,18-12+. The number of methoxy groups -OCH3 is 2. The first-order valence-electron chi connectivity index (χ1n) is 15.2. The monoisotopic (exact) mass is 530 g/mol. The first-order chi connectivity index (χ1) is 19.7. The average Bonchev–Trinajstić information content (AvgIpc) is 3.03. The number of hydrogen-bond acceptors (Lipinski definition) is 2. The van der Waals surface area contributed by atoms with Crippen LogP contribution in [0.15, 0.2) is 84.9 Å². The maximum Gasteiger partial charge on any atom is 0.0571 e. The number of hydrogen-bond donors (Lipinski definition) is 0. The zero-order valence-electron chi connectivity index (χ0n) is 24.0. The number of fused-ring (bicyclic) bond motifs is 2. The third-order valence-corrected chi connectivity index (χ3v) is 9.37. The van der Waals surface area contributed by atoms with Crippen molar-refractivity contribution < 1.29 is 9.47 Å². The second kappa shape index (κ2) is 12.5. The van der Waals surface area contributed by atoms with E-state index in [0.717, 1.165) is 25.7 Å². The van der Waals surface area contributed by atoms with Crippen molar-refractivity contribution in [2.75, 3.05) is 14.2 Å². The number of ether oxygens (including phenoxy) is 2. The Balaban J connectivity index is 1.45. The molecular weight excluding hydrogens is 488 g/mol. The lowest BCUT2D eigenvalue weighted by Gasteiger charge is -2.26. The minimum Gasteiger partial charge on any atom is -0.381 e. The van der Waals surface area contributed by atoms with Crippen molar-refractivity contribution >= 4 is 33.7 Å². The number of benzene rings is 4. The summed E-state index contributed by atoms with van der Waals surface area (Å²) in [5.41, 5.74) is 5.30. The molecule has 40 heavy (non-hydrogen) atoms. The van der Waals surface area contributed by atoms with Gasteiger partial charge in [-0.3, -0.25) is 0 Å². The van der Waals surface area contributed by atoms with Crippen LogP contribution < -0.4 is 0 Å². The van der Waals surface area contributed by atoms with Crippen LogP contribution in [-0.2, 0) is 9.47 Å². The van der Waals surface area contributed by atoms with E-state index in [4.69, 9.17) is 9.47 Å². The van der Waals surface area contributed by atoms with E-state index >= 15 is 0 Å². The average molecular weight is 531 g/mol. The number of allylic oxidation sites excluding steroid dienone is 2. The van der Waals surface area contributed by atoms with Gasteiger partial charge < -0.3 is 9.47 Å². The summed E-state index contributed by atoms with van der Waals surface area (Å²) in [5.74, 6) is 1.22.